The van der Waals surface area contributed by atoms with Gasteiger partial charge in [0.1, 0.15) is 0 Å². The van der Waals surface area contributed by atoms with E-state index in [1.54, 1.807) is 0 Å². The highest BCUT2D eigenvalue weighted by atomic mass is 35.5. The Balaban J connectivity index is 1.90. The zero-order valence-corrected chi connectivity index (χ0v) is 12.0. The maximum Gasteiger partial charge on any atom is 0.0702 e. The van der Waals surface area contributed by atoms with Crippen molar-refractivity contribution in [3.8, 4) is 11.1 Å². The van der Waals surface area contributed by atoms with Gasteiger partial charge in [-0.3, -0.25) is 4.98 Å². The molecule has 0 radical (unpaired) electrons. The van der Waals surface area contributed by atoms with Gasteiger partial charge in [-0.2, -0.15) is 0 Å². The fourth-order valence-corrected chi connectivity index (χ4v) is 2.81. The molecule has 0 N–H and O–H groups in total. The van der Waals surface area contributed by atoms with Gasteiger partial charge in [-0.1, -0.05) is 48.0 Å². The molecule has 3 aromatic carbocycles. The number of fused-ring (bicyclic) bond motifs is 2. The van der Waals surface area contributed by atoms with Crippen molar-refractivity contribution in [1.82, 2.24) is 4.98 Å². The SMILES string of the molecule is Clc1ccc2ccc(-c3cnc4ccccc4c3)cc2c1. The van der Waals surface area contributed by atoms with Crippen molar-refractivity contribution in [3.05, 3.63) is 77.9 Å². The predicted molar refractivity (Wildman–Crippen MR) is 89.7 cm³/mol. The lowest BCUT2D eigenvalue weighted by atomic mass is 10.0. The van der Waals surface area contributed by atoms with Crippen molar-refractivity contribution in [3.63, 3.8) is 0 Å². The van der Waals surface area contributed by atoms with Crippen molar-refractivity contribution in [2.75, 3.05) is 0 Å². The largest absolute Gasteiger partial charge is 0.256 e. The number of benzene rings is 3. The van der Waals surface area contributed by atoms with Crippen LogP contribution in [0.25, 0.3) is 32.8 Å². The van der Waals surface area contributed by atoms with Gasteiger partial charge in [-0.05, 0) is 46.7 Å². The summed E-state index contributed by atoms with van der Waals surface area (Å²) in [6.07, 6.45) is 1.92. The van der Waals surface area contributed by atoms with E-state index in [2.05, 4.69) is 35.3 Å². The molecular formula is C19H12ClN. The van der Waals surface area contributed by atoms with Gasteiger partial charge in [0.25, 0.3) is 0 Å². The lowest BCUT2D eigenvalue weighted by Gasteiger charge is -2.06. The molecule has 1 nitrogen and oxygen atoms in total. The van der Waals surface area contributed by atoms with Crippen molar-refractivity contribution >= 4 is 33.3 Å². The van der Waals surface area contributed by atoms with E-state index in [0.29, 0.717) is 0 Å². The summed E-state index contributed by atoms with van der Waals surface area (Å²) < 4.78 is 0. The molecule has 1 aromatic heterocycles. The van der Waals surface area contributed by atoms with Crippen LogP contribution in [0.2, 0.25) is 5.02 Å². The van der Waals surface area contributed by atoms with Gasteiger partial charge in [0, 0.05) is 22.2 Å². The third-order valence-corrected chi connectivity index (χ3v) is 3.96. The van der Waals surface area contributed by atoms with Gasteiger partial charge in [0.2, 0.25) is 0 Å². The third-order valence-electron chi connectivity index (χ3n) is 3.73. The van der Waals surface area contributed by atoms with Crippen LogP contribution in [0.1, 0.15) is 0 Å². The van der Waals surface area contributed by atoms with Gasteiger partial charge in [-0.15, -0.1) is 0 Å². The highest BCUT2D eigenvalue weighted by Crippen LogP contribution is 2.27. The van der Waals surface area contributed by atoms with Crippen LogP contribution in [0, 0.1) is 0 Å². The Bertz CT molecular complexity index is 960. The number of halogens is 1. The second kappa shape index (κ2) is 4.87. The molecule has 0 unspecified atom stereocenters. The van der Waals surface area contributed by atoms with Crippen molar-refractivity contribution in [1.29, 1.82) is 0 Å². The molecule has 100 valence electrons. The first-order valence-corrected chi connectivity index (χ1v) is 7.22. The van der Waals surface area contributed by atoms with Gasteiger partial charge < -0.3 is 0 Å². The number of hydrogen-bond acceptors (Lipinski definition) is 1. The summed E-state index contributed by atoms with van der Waals surface area (Å²) in [5.74, 6) is 0. The van der Waals surface area contributed by atoms with Crippen LogP contribution in [0.15, 0.2) is 72.9 Å². The average molecular weight is 290 g/mol. The first kappa shape index (κ1) is 12.4. The van der Waals surface area contributed by atoms with Gasteiger partial charge in [0.15, 0.2) is 0 Å². The van der Waals surface area contributed by atoms with Gasteiger partial charge >= 0.3 is 0 Å². The minimum absolute atomic E-state index is 0.760. The maximum absolute atomic E-state index is 6.08. The summed E-state index contributed by atoms with van der Waals surface area (Å²) in [6.45, 7) is 0. The summed E-state index contributed by atoms with van der Waals surface area (Å²) in [5, 5.41) is 4.25. The number of hydrogen-bond donors (Lipinski definition) is 0. The highest BCUT2D eigenvalue weighted by Gasteiger charge is 2.03. The molecule has 4 rings (SSSR count). The van der Waals surface area contributed by atoms with E-state index < -0.39 is 0 Å². The standard InChI is InChI=1S/C19H12ClN/c20-18-8-7-13-5-6-14(9-16(13)11-18)17-10-15-3-1-2-4-19(15)21-12-17/h1-12H. The predicted octanol–water partition coefficient (Wildman–Crippen LogP) is 5.71. The normalized spacial score (nSPS) is 11.1. The van der Waals surface area contributed by atoms with E-state index in [0.717, 1.165) is 32.4 Å². The number of nitrogens with zero attached hydrogens (tertiary/aromatic N) is 1. The maximum atomic E-state index is 6.08. The van der Waals surface area contributed by atoms with Crippen molar-refractivity contribution in [2.45, 2.75) is 0 Å². The van der Waals surface area contributed by atoms with Crippen LogP contribution in [0.3, 0.4) is 0 Å². The van der Waals surface area contributed by atoms with Crippen LogP contribution < -0.4 is 0 Å². The van der Waals surface area contributed by atoms with Crippen LogP contribution >= 0.6 is 11.6 Å². The molecule has 0 amide bonds. The second-order valence-electron chi connectivity index (χ2n) is 5.12. The molecule has 0 aliphatic rings. The first-order chi connectivity index (χ1) is 10.3. The molecule has 2 heteroatoms. The molecule has 4 aromatic rings. The highest BCUT2D eigenvalue weighted by molar-refractivity contribution is 6.31. The summed E-state index contributed by atoms with van der Waals surface area (Å²) in [7, 11) is 0. The molecule has 0 fully saturated rings. The Morgan fingerprint density at radius 2 is 1.48 bits per heavy atom. The molecular weight excluding hydrogens is 278 g/mol. The van der Waals surface area contributed by atoms with E-state index >= 15 is 0 Å². The monoisotopic (exact) mass is 289 g/mol. The van der Waals surface area contributed by atoms with Crippen molar-refractivity contribution < 1.29 is 0 Å². The Morgan fingerprint density at radius 1 is 0.667 bits per heavy atom. The number of pyridine rings is 1. The molecule has 0 saturated heterocycles. The van der Waals surface area contributed by atoms with Crippen LogP contribution in [-0.4, -0.2) is 4.98 Å². The minimum Gasteiger partial charge on any atom is -0.256 e. The fourth-order valence-electron chi connectivity index (χ4n) is 2.63. The molecule has 21 heavy (non-hydrogen) atoms. The van der Waals surface area contributed by atoms with E-state index in [9.17, 15) is 0 Å². The lowest BCUT2D eigenvalue weighted by Crippen LogP contribution is -1.83. The molecule has 0 bridgehead atoms. The lowest BCUT2D eigenvalue weighted by molar-refractivity contribution is 1.41. The summed E-state index contributed by atoms with van der Waals surface area (Å²) in [5.41, 5.74) is 3.30. The Labute approximate surface area is 127 Å². The molecule has 0 aliphatic carbocycles. The smallest absolute Gasteiger partial charge is 0.0702 e. The third kappa shape index (κ3) is 2.26. The van der Waals surface area contributed by atoms with E-state index in [1.165, 1.54) is 5.39 Å². The quantitative estimate of drug-likeness (QED) is 0.437. The number of rotatable bonds is 1. The van der Waals surface area contributed by atoms with Crippen LogP contribution in [-0.2, 0) is 0 Å². The first-order valence-electron chi connectivity index (χ1n) is 6.84. The molecule has 0 atom stereocenters. The van der Waals surface area contributed by atoms with E-state index in [1.807, 2.05) is 42.6 Å². The minimum atomic E-state index is 0.760. The summed E-state index contributed by atoms with van der Waals surface area (Å²) in [6, 6.07) is 22.7. The molecule has 1 heterocycles. The average Bonchev–Trinajstić information content (AvgIpc) is 2.53. The number of para-hydroxylation sites is 1. The van der Waals surface area contributed by atoms with E-state index in [4.69, 9.17) is 11.6 Å². The topological polar surface area (TPSA) is 12.9 Å². The zero-order chi connectivity index (χ0) is 14.2. The molecule has 0 aliphatic heterocycles. The summed E-state index contributed by atoms with van der Waals surface area (Å²) in [4.78, 5) is 4.53. The second-order valence-corrected chi connectivity index (χ2v) is 5.56. The number of aromatic nitrogens is 1. The molecule has 0 spiro atoms. The van der Waals surface area contributed by atoms with Gasteiger partial charge in [0.05, 0.1) is 5.52 Å². The Morgan fingerprint density at radius 3 is 2.43 bits per heavy atom. The zero-order valence-electron chi connectivity index (χ0n) is 11.3. The summed E-state index contributed by atoms with van der Waals surface area (Å²) >= 11 is 6.08. The van der Waals surface area contributed by atoms with Crippen LogP contribution in [0.4, 0.5) is 0 Å². The van der Waals surface area contributed by atoms with E-state index in [-0.39, 0.29) is 0 Å². The Hall–Kier alpha value is -2.38. The van der Waals surface area contributed by atoms with Crippen LogP contribution in [0.5, 0.6) is 0 Å². The van der Waals surface area contributed by atoms with Crippen molar-refractivity contribution in [2.24, 2.45) is 0 Å². The molecule has 0 saturated carbocycles. The Kier molecular flexibility index (Phi) is 2.87. The van der Waals surface area contributed by atoms with Gasteiger partial charge in [-0.25, -0.2) is 0 Å². The fraction of sp³-hybridized carbons (Fsp3) is 0.